The van der Waals surface area contributed by atoms with Gasteiger partial charge in [-0.05, 0) is 0 Å². The van der Waals surface area contributed by atoms with Gasteiger partial charge in [-0.3, -0.25) is 9.59 Å². The SMILES string of the molecule is CCC(=O)Nc1co[nH]c1=O. The van der Waals surface area contributed by atoms with E-state index in [0.717, 1.165) is 6.26 Å². The van der Waals surface area contributed by atoms with Gasteiger partial charge in [0.15, 0.2) is 0 Å². The zero-order valence-corrected chi connectivity index (χ0v) is 6.01. The first-order chi connectivity index (χ1) is 5.24. The Kier molecular flexibility index (Phi) is 2.10. The molecule has 1 aromatic rings. The lowest BCUT2D eigenvalue weighted by Crippen LogP contribution is -2.15. The molecule has 1 heterocycles. The number of H-pyrrole nitrogens is 1. The number of hydrogen-bond acceptors (Lipinski definition) is 3. The highest BCUT2D eigenvalue weighted by molar-refractivity contribution is 5.89. The molecule has 5 nitrogen and oxygen atoms in total. The molecule has 0 unspecified atom stereocenters. The van der Waals surface area contributed by atoms with Gasteiger partial charge in [0.2, 0.25) is 5.91 Å². The van der Waals surface area contributed by atoms with Crippen LogP contribution in [0.4, 0.5) is 5.69 Å². The molecule has 0 atom stereocenters. The molecule has 0 saturated heterocycles. The van der Waals surface area contributed by atoms with E-state index in [-0.39, 0.29) is 11.6 Å². The average Bonchev–Trinajstić information content (AvgIpc) is 2.37. The minimum absolute atomic E-state index is 0.150. The highest BCUT2D eigenvalue weighted by atomic mass is 16.5. The molecule has 0 aliphatic rings. The van der Waals surface area contributed by atoms with Crippen LogP contribution < -0.4 is 10.9 Å². The Morgan fingerprint density at radius 3 is 3.00 bits per heavy atom. The van der Waals surface area contributed by atoms with Crippen LogP contribution in [0.25, 0.3) is 0 Å². The van der Waals surface area contributed by atoms with Gasteiger partial charge in [-0.25, -0.2) is 0 Å². The van der Waals surface area contributed by atoms with E-state index in [4.69, 9.17) is 0 Å². The molecular weight excluding hydrogens is 148 g/mol. The average molecular weight is 156 g/mol. The molecule has 0 spiro atoms. The standard InChI is InChI=1S/C6H8N2O3/c1-2-5(9)7-4-3-11-8-6(4)10/h3H,2H2,1H3,(H,7,9)(H,8,10). The Morgan fingerprint density at radius 2 is 2.55 bits per heavy atom. The molecule has 0 bridgehead atoms. The number of anilines is 1. The third-order valence-corrected chi connectivity index (χ3v) is 1.17. The molecule has 2 N–H and O–H groups in total. The minimum atomic E-state index is -0.424. The molecule has 0 aliphatic carbocycles. The summed E-state index contributed by atoms with van der Waals surface area (Å²) in [6.07, 6.45) is 1.50. The van der Waals surface area contributed by atoms with Gasteiger partial charge < -0.3 is 9.84 Å². The molecule has 0 radical (unpaired) electrons. The van der Waals surface area contributed by atoms with Crippen molar-refractivity contribution in [3.8, 4) is 0 Å². The Balaban J connectivity index is 2.72. The molecule has 0 aromatic carbocycles. The third-order valence-electron chi connectivity index (χ3n) is 1.17. The number of carbonyl (C=O) groups is 1. The monoisotopic (exact) mass is 156 g/mol. The quantitative estimate of drug-likeness (QED) is 0.647. The van der Waals surface area contributed by atoms with Crippen LogP contribution in [-0.4, -0.2) is 11.1 Å². The maximum absolute atomic E-state index is 10.7. The zero-order chi connectivity index (χ0) is 8.27. The van der Waals surface area contributed by atoms with Crippen LogP contribution in [-0.2, 0) is 4.79 Å². The van der Waals surface area contributed by atoms with Crippen LogP contribution in [0.5, 0.6) is 0 Å². The molecule has 60 valence electrons. The van der Waals surface area contributed by atoms with Crippen molar-refractivity contribution in [1.29, 1.82) is 0 Å². The van der Waals surface area contributed by atoms with Crippen molar-refractivity contribution in [1.82, 2.24) is 5.16 Å². The predicted octanol–water partition coefficient (Wildman–Crippen LogP) is 0.316. The van der Waals surface area contributed by atoms with E-state index < -0.39 is 5.56 Å². The summed E-state index contributed by atoms with van der Waals surface area (Å²) in [5.41, 5.74) is -0.274. The first kappa shape index (κ1) is 7.59. The number of rotatable bonds is 2. The van der Waals surface area contributed by atoms with Crippen molar-refractivity contribution in [2.75, 3.05) is 5.32 Å². The van der Waals surface area contributed by atoms with Gasteiger partial charge >= 0.3 is 5.56 Å². The van der Waals surface area contributed by atoms with Gasteiger partial charge in [0.25, 0.3) is 0 Å². The second kappa shape index (κ2) is 3.05. The van der Waals surface area contributed by atoms with E-state index in [1.165, 1.54) is 0 Å². The summed E-state index contributed by atoms with van der Waals surface area (Å²) in [5.74, 6) is -0.211. The summed E-state index contributed by atoms with van der Waals surface area (Å²) in [7, 11) is 0. The van der Waals surface area contributed by atoms with Crippen LogP contribution in [0.2, 0.25) is 0 Å². The third kappa shape index (κ3) is 1.70. The second-order valence-corrected chi connectivity index (χ2v) is 1.98. The second-order valence-electron chi connectivity index (χ2n) is 1.98. The van der Waals surface area contributed by atoms with Crippen molar-refractivity contribution in [3.05, 3.63) is 16.6 Å². The summed E-state index contributed by atoms with van der Waals surface area (Å²) >= 11 is 0. The molecule has 5 heteroatoms. The van der Waals surface area contributed by atoms with E-state index in [2.05, 4.69) is 15.0 Å². The summed E-state index contributed by atoms with van der Waals surface area (Å²) in [6, 6.07) is 0. The topological polar surface area (TPSA) is 75.1 Å². The van der Waals surface area contributed by atoms with Gasteiger partial charge in [-0.1, -0.05) is 6.92 Å². The number of amides is 1. The maximum atomic E-state index is 10.7. The fourth-order valence-corrected chi connectivity index (χ4v) is 0.575. The van der Waals surface area contributed by atoms with Gasteiger partial charge in [0.05, 0.1) is 0 Å². The first-order valence-electron chi connectivity index (χ1n) is 3.20. The molecule has 11 heavy (non-hydrogen) atoms. The van der Waals surface area contributed by atoms with E-state index in [1.54, 1.807) is 6.92 Å². The van der Waals surface area contributed by atoms with Crippen molar-refractivity contribution < 1.29 is 9.32 Å². The number of aromatic nitrogens is 1. The number of carbonyl (C=O) groups excluding carboxylic acids is 1. The highest BCUT2D eigenvalue weighted by Crippen LogP contribution is 1.96. The molecule has 1 amide bonds. The van der Waals surface area contributed by atoms with Gasteiger partial charge in [0, 0.05) is 6.42 Å². The highest BCUT2D eigenvalue weighted by Gasteiger charge is 2.03. The van der Waals surface area contributed by atoms with E-state index in [0.29, 0.717) is 6.42 Å². The molecular formula is C6H8N2O3. The van der Waals surface area contributed by atoms with Crippen LogP contribution in [0.3, 0.4) is 0 Å². The van der Waals surface area contributed by atoms with Crippen molar-refractivity contribution in [3.63, 3.8) is 0 Å². The smallest absolute Gasteiger partial charge is 0.303 e. The first-order valence-corrected chi connectivity index (χ1v) is 3.20. The Morgan fingerprint density at radius 1 is 1.82 bits per heavy atom. The summed E-state index contributed by atoms with van der Waals surface area (Å²) < 4.78 is 4.44. The Bertz CT molecular complexity index is 299. The normalized spacial score (nSPS) is 9.55. The molecule has 0 fully saturated rings. The van der Waals surface area contributed by atoms with Crippen LogP contribution >= 0.6 is 0 Å². The number of hydrogen-bond donors (Lipinski definition) is 2. The summed E-state index contributed by atoms with van der Waals surface area (Å²) in [4.78, 5) is 21.4. The van der Waals surface area contributed by atoms with Crippen LogP contribution in [0.1, 0.15) is 13.3 Å². The Hall–Kier alpha value is -1.52. The lowest BCUT2D eigenvalue weighted by molar-refractivity contribution is -0.115. The van der Waals surface area contributed by atoms with Gasteiger partial charge in [-0.15, -0.1) is 0 Å². The lowest BCUT2D eigenvalue weighted by atomic mass is 10.4. The fourth-order valence-electron chi connectivity index (χ4n) is 0.575. The molecule has 0 saturated carbocycles. The summed E-state index contributed by atoms with van der Waals surface area (Å²) in [6.45, 7) is 1.70. The number of nitrogens with one attached hydrogen (secondary N) is 2. The predicted molar refractivity (Wildman–Crippen MR) is 38.2 cm³/mol. The van der Waals surface area contributed by atoms with Crippen LogP contribution in [0, 0.1) is 0 Å². The van der Waals surface area contributed by atoms with Crippen LogP contribution in [0.15, 0.2) is 15.6 Å². The molecule has 1 aromatic heterocycles. The molecule has 1 rings (SSSR count). The van der Waals surface area contributed by atoms with E-state index >= 15 is 0 Å². The lowest BCUT2D eigenvalue weighted by Gasteiger charge is -1.94. The minimum Gasteiger partial charge on any atom is -0.385 e. The van der Waals surface area contributed by atoms with E-state index in [9.17, 15) is 9.59 Å². The maximum Gasteiger partial charge on any atom is 0.303 e. The molecule has 0 aliphatic heterocycles. The zero-order valence-electron chi connectivity index (χ0n) is 6.01. The van der Waals surface area contributed by atoms with Crippen molar-refractivity contribution >= 4 is 11.6 Å². The largest absolute Gasteiger partial charge is 0.385 e. The Labute approximate surface area is 62.4 Å². The summed E-state index contributed by atoms with van der Waals surface area (Å²) in [5, 5.41) is 4.42. The van der Waals surface area contributed by atoms with Gasteiger partial charge in [-0.2, -0.15) is 5.16 Å². The van der Waals surface area contributed by atoms with Crippen molar-refractivity contribution in [2.24, 2.45) is 0 Å². The van der Waals surface area contributed by atoms with E-state index in [1.807, 2.05) is 0 Å². The number of aromatic amines is 1. The van der Waals surface area contributed by atoms with Crippen molar-refractivity contribution in [2.45, 2.75) is 13.3 Å². The van der Waals surface area contributed by atoms with Gasteiger partial charge in [0.1, 0.15) is 12.0 Å². The fraction of sp³-hybridized carbons (Fsp3) is 0.333.